The molecule has 0 aliphatic heterocycles. The minimum atomic E-state index is 0.662. The van der Waals surface area contributed by atoms with Crippen LogP contribution in [0.4, 0.5) is 0 Å². The Bertz CT molecular complexity index is 245. The molecule has 0 unspecified atom stereocenters. The van der Waals surface area contributed by atoms with Crippen molar-refractivity contribution >= 4 is 0 Å². The Morgan fingerprint density at radius 1 is 0.923 bits per heavy atom. The van der Waals surface area contributed by atoms with Gasteiger partial charge in [-0.15, -0.1) is 0 Å². The molecular formula is C12H21N. The molecule has 0 aromatic carbocycles. The molecule has 0 spiro atoms. The quantitative estimate of drug-likeness (QED) is 0.630. The van der Waals surface area contributed by atoms with E-state index in [1.165, 1.54) is 11.1 Å². The van der Waals surface area contributed by atoms with Gasteiger partial charge in [0.05, 0.1) is 0 Å². The minimum absolute atomic E-state index is 0.662. The lowest BCUT2D eigenvalue weighted by Gasteiger charge is -2.19. The molecule has 0 aromatic rings. The van der Waals surface area contributed by atoms with E-state index in [-0.39, 0.29) is 0 Å². The molecule has 1 nitrogen and oxygen atoms in total. The van der Waals surface area contributed by atoms with Crippen LogP contribution in [-0.2, 0) is 0 Å². The first-order valence-electron chi connectivity index (χ1n) is 4.95. The Morgan fingerprint density at radius 3 is 1.62 bits per heavy atom. The van der Waals surface area contributed by atoms with E-state index in [0.29, 0.717) is 5.92 Å². The molecule has 74 valence electrons. The third-order valence-electron chi connectivity index (χ3n) is 3.34. The average molecular weight is 179 g/mol. The Hall–Kier alpha value is -0.560. The molecule has 1 aliphatic carbocycles. The van der Waals surface area contributed by atoms with Gasteiger partial charge in [-0.05, 0) is 52.9 Å². The van der Waals surface area contributed by atoms with Crippen LogP contribution in [0, 0.1) is 5.92 Å². The smallest absolute Gasteiger partial charge is 0.0140 e. The summed E-state index contributed by atoms with van der Waals surface area (Å²) in [7, 11) is 4.28. The molecular weight excluding hydrogens is 158 g/mol. The Balaban J connectivity index is 2.89. The van der Waals surface area contributed by atoms with Gasteiger partial charge in [-0.25, -0.2) is 0 Å². The van der Waals surface area contributed by atoms with Crippen molar-refractivity contribution in [1.82, 2.24) is 4.90 Å². The highest BCUT2D eigenvalue weighted by Crippen LogP contribution is 2.36. The highest BCUT2D eigenvalue weighted by atomic mass is 15.1. The standard InChI is InChI=1S/C12H21N/c1-8-9(2)11(4)12(10(8)3)7-13(5)6/h12H,7H2,1-6H3. The van der Waals surface area contributed by atoms with Gasteiger partial charge in [-0.3, -0.25) is 0 Å². The Kier molecular flexibility index (Phi) is 2.97. The summed E-state index contributed by atoms with van der Waals surface area (Å²) in [5.41, 5.74) is 6.13. The summed E-state index contributed by atoms with van der Waals surface area (Å²) in [4.78, 5) is 2.27. The van der Waals surface area contributed by atoms with Gasteiger partial charge in [0.1, 0.15) is 0 Å². The molecule has 13 heavy (non-hydrogen) atoms. The van der Waals surface area contributed by atoms with E-state index in [4.69, 9.17) is 0 Å². The molecule has 1 rings (SSSR count). The molecule has 0 heterocycles. The molecule has 1 heteroatoms. The molecule has 0 atom stereocenters. The van der Waals surface area contributed by atoms with E-state index in [0.717, 1.165) is 6.54 Å². The normalized spacial score (nSPS) is 19.6. The van der Waals surface area contributed by atoms with Crippen LogP contribution in [0.5, 0.6) is 0 Å². The molecule has 0 amide bonds. The second kappa shape index (κ2) is 3.67. The number of hydrogen-bond acceptors (Lipinski definition) is 1. The molecule has 0 saturated carbocycles. The lowest BCUT2D eigenvalue weighted by atomic mass is 9.96. The molecule has 0 radical (unpaired) electrons. The van der Waals surface area contributed by atoms with Crippen LogP contribution in [0.15, 0.2) is 22.3 Å². The summed E-state index contributed by atoms with van der Waals surface area (Å²) in [5, 5.41) is 0. The van der Waals surface area contributed by atoms with Crippen molar-refractivity contribution in [3.8, 4) is 0 Å². The first-order valence-corrected chi connectivity index (χ1v) is 4.95. The largest absolute Gasteiger partial charge is 0.308 e. The van der Waals surface area contributed by atoms with Crippen molar-refractivity contribution in [3.05, 3.63) is 22.3 Å². The van der Waals surface area contributed by atoms with Crippen LogP contribution in [0.3, 0.4) is 0 Å². The third kappa shape index (κ3) is 1.86. The van der Waals surface area contributed by atoms with Crippen molar-refractivity contribution in [2.24, 2.45) is 5.92 Å². The maximum Gasteiger partial charge on any atom is 0.0140 e. The molecule has 0 N–H and O–H groups in total. The fourth-order valence-electron chi connectivity index (χ4n) is 2.08. The predicted octanol–water partition coefficient (Wildman–Crippen LogP) is 2.85. The van der Waals surface area contributed by atoms with E-state index in [2.05, 4.69) is 46.7 Å². The summed E-state index contributed by atoms with van der Waals surface area (Å²) >= 11 is 0. The van der Waals surface area contributed by atoms with Crippen molar-refractivity contribution < 1.29 is 0 Å². The second-order valence-electron chi connectivity index (χ2n) is 4.43. The molecule has 1 aliphatic rings. The SMILES string of the molecule is CC1=C(C)C(CN(C)C)C(C)=C1C. The van der Waals surface area contributed by atoms with Crippen molar-refractivity contribution in [2.75, 3.05) is 20.6 Å². The summed E-state index contributed by atoms with van der Waals surface area (Å²) in [5.74, 6) is 0.662. The zero-order chi connectivity index (χ0) is 10.2. The van der Waals surface area contributed by atoms with E-state index in [1.54, 1.807) is 11.1 Å². The van der Waals surface area contributed by atoms with Crippen molar-refractivity contribution in [3.63, 3.8) is 0 Å². The van der Waals surface area contributed by atoms with Gasteiger partial charge in [0, 0.05) is 12.5 Å². The van der Waals surface area contributed by atoms with Gasteiger partial charge < -0.3 is 4.90 Å². The van der Waals surface area contributed by atoms with Crippen LogP contribution in [0.2, 0.25) is 0 Å². The van der Waals surface area contributed by atoms with Gasteiger partial charge in [0.15, 0.2) is 0 Å². The fourth-order valence-corrected chi connectivity index (χ4v) is 2.08. The highest BCUT2D eigenvalue weighted by molar-refractivity contribution is 5.46. The van der Waals surface area contributed by atoms with Crippen LogP contribution in [-0.4, -0.2) is 25.5 Å². The highest BCUT2D eigenvalue weighted by Gasteiger charge is 2.24. The molecule has 0 saturated heterocycles. The zero-order valence-corrected chi connectivity index (χ0v) is 9.73. The second-order valence-corrected chi connectivity index (χ2v) is 4.43. The Labute approximate surface area is 82.1 Å². The lowest BCUT2D eigenvalue weighted by Crippen LogP contribution is -2.22. The fraction of sp³-hybridized carbons (Fsp3) is 0.667. The van der Waals surface area contributed by atoms with Gasteiger partial charge >= 0.3 is 0 Å². The first kappa shape index (κ1) is 10.5. The van der Waals surface area contributed by atoms with Gasteiger partial charge in [0.25, 0.3) is 0 Å². The Morgan fingerprint density at radius 2 is 1.31 bits per heavy atom. The van der Waals surface area contributed by atoms with Gasteiger partial charge in [-0.1, -0.05) is 11.1 Å². The maximum atomic E-state index is 2.27. The van der Waals surface area contributed by atoms with E-state index < -0.39 is 0 Å². The topological polar surface area (TPSA) is 3.24 Å². The number of nitrogens with zero attached hydrogens (tertiary/aromatic N) is 1. The maximum absolute atomic E-state index is 2.27. The van der Waals surface area contributed by atoms with Crippen LogP contribution in [0.25, 0.3) is 0 Å². The van der Waals surface area contributed by atoms with Gasteiger partial charge in [0.2, 0.25) is 0 Å². The predicted molar refractivity (Wildman–Crippen MR) is 58.8 cm³/mol. The van der Waals surface area contributed by atoms with E-state index in [1.807, 2.05) is 0 Å². The van der Waals surface area contributed by atoms with Crippen molar-refractivity contribution in [1.29, 1.82) is 0 Å². The minimum Gasteiger partial charge on any atom is -0.308 e. The average Bonchev–Trinajstić information content (AvgIpc) is 2.22. The summed E-state index contributed by atoms with van der Waals surface area (Å²) in [6, 6.07) is 0. The van der Waals surface area contributed by atoms with Gasteiger partial charge in [-0.2, -0.15) is 0 Å². The van der Waals surface area contributed by atoms with Crippen LogP contribution >= 0.6 is 0 Å². The first-order chi connectivity index (χ1) is 5.95. The molecule has 0 bridgehead atoms. The number of allylic oxidation sites excluding steroid dienone is 2. The molecule has 0 fully saturated rings. The van der Waals surface area contributed by atoms with E-state index >= 15 is 0 Å². The van der Waals surface area contributed by atoms with E-state index in [9.17, 15) is 0 Å². The summed E-state index contributed by atoms with van der Waals surface area (Å²) < 4.78 is 0. The number of hydrogen-bond donors (Lipinski definition) is 0. The third-order valence-corrected chi connectivity index (χ3v) is 3.34. The zero-order valence-electron chi connectivity index (χ0n) is 9.73. The van der Waals surface area contributed by atoms with Crippen LogP contribution < -0.4 is 0 Å². The number of rotatable bonds is 2. The van der Waals surface area contributed by atoms with Crippen molar-refractivity contribution in [2.45, 2.75) is 27.7 Å². The summed E-state index contributed by atoms with van der Waals surface area (Å²) in [6.45, 7) is 10.2. The summed E-state index contributed by atoms with van der Waals surface area (Å²) in [6.07, 6.45) is 0. The lowest BCUT2D eigenvalue weighted by molar-refractivity contribution is 0.373. The monoisotopic (exact) mass is 179 g/mol. The molecule has 0 aromatic heterocycles. The van der Waals surface area contributed by atoms with Crippen LogP contribution in [0.1, 0.15) is 27.7 Å².